The van der Waals surface area contributed by atoms with Crippen molar-refractivity contribution >= 4 is 82.8 Å². The van der Waals surface area contributed by atoms with Gasteiger partial charge in [0.15, 0.2) is 29.2 Å². The average Bonchev–Trinajstić information content (AvgIpc) is 3.72. The Morgan fingerprint density at radius 2 is 1.67 bits per heavy atom. The third-order valence-corrected chi connectivity index (χ3v) is 12.0. The van der Waals surface area contributed by atoms with Crippen molar-refractivity contribution in [2.75, 3.05) is 24.7 Å². The Bertz CT molecular complexity index is 1950. The maximum atomic E-state index is 16.0. The molecule has 0 aliphatic carbocycles. The molecular weight excluding hydrogens is 702 g/mol. The van der Waals surface area contributed by atoms with Crippen LogP contribution in [0.25, 0.3) is 22.3 Å². The van der Waals surface area contributed by atoms with E-state index in [0.29, 0.717) is 11.2 Å². The Kier molecular flexibility index (Phi) is 8.02. The van der Waals surface area contributed by atoms with Gasteiger partial charge in [0.2, 0.25) is 5.95 Å². The molecule has 17 nitrogen and oxygen atoms in total. The van der Waals surface area contributed by atoms with Crippen molar-refractivity contribution in [1.29, 1.82) is 0 Å². The summed E-state index contributed by atoms with van der Waals surface area (Å²) in [5, 5.41) is -2.10. The second kappa shape index (κ2) is 11.5. The number of aromatic nitrogens is 7. The van der Waals surface area contributed by atoms with Crippen LogP contribution in [-0.2, 0) is 46.4 Å². The minimum atomic E-state index is -4.27. The number of nitrogens with zero attached hydrogens (tertiary/aromatic N) is 6. The molecule has 4 aromatic rings. The number of hydrogen-bond donors (Lipinski definition) is 5. The largest absolute Gasteiger partial charge is 0.397 e. The predicted octanol–water partition coefficient (Wildman–Crippen LogP) is 1.17. The molecule has 2 bridgehead atoms. The number of halogens is 2. The van der Waals surface area contributed by atoms with Crippen LogP contribution in [0.15, 0.2) is 29.7 Å². The van der Waals surface area contributed by atoms with Crippen LogP contribution in [0.5, 0.6) is 0 Å². The van der Waals surface area contributed by atoms with Gasteiger partial charge in [0, 0.05) is 6.20 Å². The van der Waals surface area contributed by atoms with Crippen LogP contribution < -0.4 is 17.0 Å². The fourth-order valence-electron chi connectivity index (χ4n) is 5.32. The van der Waals surface area contributed by atoms with Gasteiger partial charge in [0.1, 0.15) is 35.4 Å². The lowest BCUT2D eigenvalue weighted by Gasteiger charge is -2.27. The number of anilines is 2. The zero-order valence-electron chi connectivity index (χ0n) is 22.4. The SMILES string of the molecule is Nc1nc2c(ncn2[C@@H]2S[C@@H]3COP(O)(=S)O[C@H]4[C@@H](F)[C@H](n5cnc6c(N)ccnc65)O[C@@H]4COP(O)(=S)O[C@@H]2[C@@H]3F)c(=O)[nH]1. The van der Waals surface area contributed by atoms with E-state index in [1.54, 1.807) is 0 Å². The summed E-state index contributed by atoms with van der Waals surface area (Å²) in [5.41, 5.74) is 11.8. The van der Waals surface area contributed by atoms with E-state index in [2.05, 4.69) is 24.9 Å². The van der Waals surface area contributed by atoms with Crippen molar-refractivity contribution in [2.24, 2.45) is 0 Å². The monoisotopic (exact) mass is 725 g/mol. The van der Waals surface area contributed by atoms with E-state index in [1.807, 2.05) is 0 Å². The first-order chi connectivity index (χ1) is 21.3. The van der Waals surface area contributed by atoms with Crippen LogP contribution in [0.4, 0.5) is 20.4 Å². The molecule has 2 unspecified atom stereocenters. The van der Waals surface area contributed by atoms with E-state index in [4.69, 9.17) is 57.9 Å². The van der Waals surface area contributed by atoms with Crippen LogP contribution in [0.1, 0.15) is 11.6 Å². The maximum absolute atomic E-state index is 16.0. The first-order valence-electron chi connectivity index (χ1n) is 13.0. The Morgan fingerprint density at radius 1 is 0.978 bits per heavy atom. The molecule has 0 amide bonds. The summed E-state index contributed by atoms with van der Waals surface area (Å²) in [6.45, 7) is -9.64. The zero-order valence-corrected chi connectivity index (χ0v) is 26.6. The van der Waals surface area contributed by atoms with Gasteiger partial charge < -0.3 is 35.0 Å². The molecule has 24 heteroatoms. The zero-order chi connectivity index (χ0) is 31.8. The van der Waals surface area contributed by atoms with Gasteiger partial charge in [0.05, 0.1) is 36.8 Å². The molecule has 7 heterocycles. The lowest BCUT2D eigenvalue weighted by atomic mass is 10.1. The molecule has 0 radical (unpaired) electrons. The van der Waals surface area contributed by atoms with Gasteiger partial charge in [-0.1, -0.05) is 0 Å². The van der Waals surface area contributed by atoms with Crippen molar-refractivity contribution < 1.29 is 41.4 Å². The Morgan fingerprint density at radius 3 is 2.44 bits per heavy atom. The highest BCUT2D eigenvalue weighted by Crippen LogP contribution is 2.57. The molecule has 242 valence electrons. The van der Waals surface area contributed by atoms with Crippen LogP contribution in [0.2, 0.25) is 0 Å². The van der Waals surface area contributed by atoms with E-state index in [-0.39, 0.29) is 22.8 Å². The topological polar surface area (TPSA) is 233 Å². The molecule has 45 heavy (non-hydrogen) atoms. The smallest absolute Gasteiger partial charge is 0.325 e. The minimum absolute atomic E-state index is 0.0190. The number of fused-ring (bicyclic) bond motifs is 5. The second-order valence-electron chi connectivity index (χ2n) is 10.2. The highest BCUT2D eigenvalue weighted by Gasteiger charge is 2.53. The Hall–Kier alpha value is -2.20. The lowest BCUT2D eigenvalue weighted by molar-refractivity contribution is -0.0440. The number of nitrogens with two attached hydrogens (primary N) is 2. The van der Waals surface area contributed by atoms with Crippen molar-refractivity contribution in [3.8, 4) is 0 Å². The fraction of sp³-hybridized carbons (Fsp3) is 0.476. The number of hydrogen-bond acceptors (Lipinski definition) is 15. The van der Waals surface area contributed by atoms with E-state index in [0.717, 1.165) is 11.8 Å². The number of pyridine rings is 1. The van der Waals surface area contributed by atoms with Crippen LogP contribution in [0.3, 0.4) is 0 Å². The number of H-pyrrole nitrogens is 1. The van der Waals surface area contributed by atoms with E-state index in [1.165, 1.54) is 34.1 Å². The molecule has 3 fully saturated rings. The number of ether oxygens (including phenoxy) is 1. The maximum Gasteiger partial charge on any atom is 0.325 e. The minimum Gasteiger partial charge on any atom is -0.397 e. The predicted molar refractivity (Wildman–Crippen MR) is 163 cm³/mol. The summed E-state index contributed by atoms with van der Waals surface area (Å²) in [6.07, 6.45) is -5.72. The van der Waals surface area contributed by atoms with Gasteiger partial charge in [0.25, 0.3) is 5.56 Å². The molecule has 4 aromatic heterocycles. The summed E-state index contributed by atoms with van der Waals surface area (Å²) in [6, 6.07) is 1.53. The fourth-order valence-corrected chi connectivity index (χ4v) is 9.82. The standard InChI is InChI=1S/C21H23F2N9O8P2S3/c22-10-9-4-37-42(35,44)39-14-8(38-19(11(14)23)31-5-27-12-7(24)1-2-26-16(12)31)3-36-41(34,43)40-15(10)20(45-9)32-6-28-13-17(32)29-21(25)30-18(13)33/h1-2,5-6,8-11,14-15,19-20H,3-4H2,(H2,24,26)(H,34,43)(H,35,44)(H3,25,29,30,33)/t8-,9-,10-,11-,14-,15-,19-,20-,41?,42?/m1/s1. The van der Waals surface area contributed by atoms with Gasteiger partial charge in [-0.25, -0.2) is 23.7 Å². The second-order valence-corrected chi connectivity index (χ2v) is 17.1. The summed E-state index contributed by atoms with van der Waals surface area (Å²) in [5.74, 6) is -0.208. The van der Waals surface area contributed by atoms with Gasteiger partial charge in [-0.3, -0.25) is 28.0 Å². The van der Waals surface area contributed by atoms with E-state index >= 15 is 8.78 Å². The van der Waals surface area contributed by atoms with Gasteiger partial charge in [-0.15, -0.1) is 11.8 Å². The first kappa shape index (κ1) is 31.4. The molecule has 0 spiro atoms. The van der Waals surface area contributed by atoms with Crippen molar-refractivity contribution in [1.82, 2.24) is 34.1 Å². The quantitative estimate of drug-likeness (QED) is 0.183. The number of thioether (sulfide) groups is 1. The molecule has 7 N–H and O–H groups in total. The van der Waals surface area contributed by atoms with Gasteiger partial charge in [-0.05, 0) is 29.7 Å². The number of aromatic amines is 1. The lowest BCUT2D eigenvalue weighted by Crippen LogP contribution is -2.34. The van der Waals surface area contributed by atoms with Crippen LogP contribution in [0, 0.1) is 0 Å². The molecular formula is C21H23F2N9O8P2S3. The molecule has 10 atom stereocenters. The summed E-state index contributed by atoms with van der Waals surface area (Å²) in [7, 11) is 0. The highest BCUT2D eigenvalue weighted by atomic mass is 32.5. The molecule has 0 saturated carbocycles. The van der Waals surface area contributed by atoms with E-state index in [9.17, 15) is 14.6 Å². The summed E-state index contributed by atoms with van der Waals surface area (Å²) < 4.78 is 62.9. The van der Waals surface area contributed by atoms with Crippen molar-refractivity contribution in [2.45, 2.75) is 47.5 Å². The molecule has 3 aliphatic rings. The van der Waals surface area contributed by atoms with Crippen LogP contribution in [-0.4, -0.2) is 93.0 Å². The van der Waals surface area contributed by atoms with Crippen molar-refractivity contribution in [3.63, 3.8) is 0 Å². The summed E-state index contributed by atoms with van der Waals surface area (Å²) in [4.78, 5) is 53.2. The number of alkyl halides is 2. The Labute approximate surface area is 265 Å². The third kappa shape index (κ3) is 5.70. The van der Waals surface area contributed by atoms with Gasteiger partial charge >= 0.3 is 13.4 Å². The number of rotatable bonds is 2. The number of nitrogen functional groups attached to an aromatic ring is 2. The van der Waals surface area contributed by atoms with E-state index < -0.39 is 79.7 Å². The molecule has 0 aromatic carbocycles. The summed E-state index contributed by atoms with van der Waals surface area (Å²) >= 11 is 11.3. The highest BCUT2D eigenvalue weighted by molar-refractivity contribution is 8.07. The molecule has 3 aliphatic heterocycles. The van der Waals surface area contributed by atoms with Crippen molar-refractivity contribution in [3.05, 3.63) is 35.3 Å². The third-order valence-electron chi connectivity index (χ3n) is 7.34. The number of imidazole rings is 2. The molecule has 3 saturated heterocycles. The van der Waals surface area contributed by atoms with Gasteiger partial charge in [-0.2, -0.15) is 4.98 Å². The van der Waals surface area contributed by atoms with Crippen LogP contribution >= 0.6 is 25.2 Å². The number of nitrogens with one attached hydrogen (secondary N) is 1. The first-order valence-corrected chi connectivity index (χ1v) is 19.1. The molecule has 7 rings (SSSR count). The normalized spacial score (nSPS) is 37.7. The average molecular weight is 726 g/mol. The Balaban J connectivity index is 1.21.